The van der Waals surface area contributed by atoms with E-state index in [9.17, 15) is 5.11 Å². The van der Waals surface area contributed by atoms with E-state index in [2.05, 4.69) is 11.2 Å². The monoisotopic (exact) mass is 297 g/mol. The van der Waals surface area contributed by atoms with Crippen LogP contribution in [0.3, 0.4) is 0 Å². The highest BCUT2D eigenvalue weighted by atomic mass is 32.2. The van der Waals surface area contributed by atoms with Crippen LogP contribution in [0.4, 0.5) is 0 Å². The molecule has 2 aromatic rings. The Kier molecular flexibility index (Phi) is 6.10. The number of nitrogens with zero attached hydrogens (tertiary/aromatic N) is 1. The molecule has 0 aliphatic heterocycles. The molecule has 0 bridgehead atoms. The molecule has 0 saturated carbocycles. The van der Waals surface area contributed by atoms with Gasteiger partial charge in [0, 0.05) is 23.9 Å². The quantitative estimate of drug-likeness (QED) is 0.486. The van der Waals surface area contributed by atoms with Gasteiger partial charge in [-0.2, -0.15) is 11.8 Å². The molecule has 0 aliphatic rings. The van der Waals surface area contributed by atoms with Gasteiger partial charge in [-0.15, -0.1) is 0 Å². The highest BCUT2D eigenvalue weighted by Crippen LogP contribution is 2.13. The van der Waals surface area contributed by atoms with Gasteiger partial charge in [-0.25, -0.2) is 0 Å². The molecule has 2 rings (SSSR count). The molecule has 0 aromatic heterocycles. The van der Waals surface area contributed by atoms with E-state index < -0.39 is 0 Å². The van der Waals surface area contributed by atoms with Crippen LogP contribution in [0.15, 0.2) is 71.7 Å². The lowest BCUT2D eigenvalue weighted by molar-refractivity contribution is 0.512. The van der Waals surface area contributed by atoms with Crippen molar-refractivity contribution in [2.24, 2.45) is 4.99 Å². The van der Waals surface area contributed by atoms with Crippen LogP contribution in [-0.2, 0) is 0 Å². The Morgan fingerprint density at radius 3 is 2.14 bits per heavy atom. The lowest BCUT2D eigenvalue weighted by atomic mass is 10.1. The Labute approximate surface area is 130 Å². The van der Waals surface area contributed by atoms with Gasteiger partial charge in [0.05, 0.1) is 5.71 Å². The lowest BCUT2D eigenvalue weighted by Gasteiger charge is -2.05. The van der Waals surface area contributed by atoms with Crippen molar-refractivity contribution in [1.29, 1.82) is 0 Å². The number of aliphatic imine (C=N–C) groups is 1. The number of thioether (sulfide) groups is 1. The first-order valence-electron chi connectivity index (χ1n) is 6.86. The molecule has 0 fully saturated rings. The maximum absolute atomic E-state index is 10.3. The summed E-state index contributed by atoms with van der Waals surface area (Å²) in [5.41, 5.74) is 2.62. The molecular weight excluding hydrogens is 278 g/mol. The summed E-state index contributed by atoms with van der Waals surface area (Å²) in [6.45, 7) is 0.740. The maximum atomic E-state index is 10.3. The molecule has 0 radical (unpaired) electrons. The van der Waals surface area contributed by atoms with Gasteiger partial charge < -0.3 is 5.11 Å². The van der Waals surface area contributed by atoms with E-state index in [1.165, 1.54) is 0 Å². The Balaban J connectivity index is 2.30. The minimum absolute atomic E-state index is 0.238. The van der Waals surface area contributed by atoms with Gasteiger partial charge in [0.15, 0.2) is 0 Å². The average molecular weight is 297 g/mol. The molecule has 0 amide bonds. The Bertz CT molecular complexity index is 606. The van der Waals surface area contributed by atoms with Crippen LogP contribution in [0, 0.1) is 0 Å². The molecule has 0 aliphatic carbocycles. The first kappa shape index (κ1) is 15.4. The van der Waals surface area contributed by atoms with Gasteiger partial charge >= 0.3 is 0 Å². The van der Waals surface area contributed by atoms with Crippen molar-refractivity contribution in [1.82, 2.24) is 0 Å². The van der Waals surface area contributed by atoms with Crippen molar-refractivity contribution >= 4 is 23.2 Å². The topological polar surface area (TPSA) is 32.6 Å². The van der Waals surface area contributed by atoms with E-state index in [0.29, 0.717) is 0 Å². The standard InChI is InChI=1S/C18H19NOS/c1-21-13-12-19-17(15-8-4-2-5-9-15)14-18(20)16-10-6-3-7-11-16/h2-11,14,20H,12-13H2,1H3. The number of hydrogen-bond acceptors (Lipinski definition) is 3. The van der Waals surface area contributed by atoms with Crippen LogP contribution < -0.4 is 0 Å². The second-order valence-electron chi connectivity index (χ2n) is 4.52. The number of aliphatic hydroxyl groups excluding tert-OH is 1. The van der Waals surface area contributed by atoms with Crippen molar-refractivity contribution in [3.05, 3.63) is 77.9 Å². The SMILES string of the molecule is CSCCN=C(C=C(O)c1ccccc1)c1ccccc1. The number of allylic oxidation sites excluding steroid dienone is 1. The molecule has 2 aromatic carbocycles. The lowest BCUT2D eigenvalue weighted by Crippen LogP contribution is -2.01. The van der Waals surface area contributed by atoms with E-state index in [4.69, 9.17) is 0 Å². The molecule has 0 heterocycles. The molecule has 3 heteroatoms. The van der Waals surface area contributed by atoms with E-state index in [-0.39, 0.29) is 5.76 Å². The first-order chi connectivity index (χ1) is 10.3. The van der Waals surface area contributed by atoms with E-state index in [0.717, 1.165) is 29.1 Å². The Morgan fingerprint density at radius 1 is 1.00 bits per heavy atom. The molecule has 21 heavy (non-hydrogen) atoms. The van der Waals surface area contributed by atoms with E-state index in [1.54, 1.807) is 17.8 Å². The summed E-state index contributed by atoms with van der Waals surface area (Å²) in [4.78, 5) is 4.61. The fraction of sp³-hybridized carbons (Fsp3) is 0.167. The largest absolute Gasteiger partial charge is 0.507 e. The van der Waals surface area contributed by atoms with Crippen LogP contribution in [0.2, 0.25) is 0 Å². The first-order valence-corrected chi connectivity index (χ1v) is 8.25. The fourth-order valence-electron chi connectivity index (χ4n) is 1.91. The minimum atomic E-state index is 0.238. The van der Waals surface area contributed by atoms with Gasteiger partial charge in [0.1, 0.15) is 5.76 Å². The van der Waals surface area contributed by atoms with Gasteiger partial charge in [-0.1, -0.05) is 60.7 Å². The van der Waals surface area contributed by atoms with E-state index >= 15 is 0 Å². The van der Waals surface area contributed by atoms with Gasteiger partial charge in [-0.05, 0) is 11.8 Å². The predicted octanol–water partition coefficient (Wildman–Crippen LogP) is 4.44. The summed E-state index contributed by atoms with van der Waals surface area (Å²) >= 11 is 1.76. The summed E-state index contributed by atoms with van der Waals surface area (Å²) in [5.74, 6) is 1.21. The summed E-state index contributed by atoms with van der Waals surface area (Å²) < 4.78 is 0. The van der Waals surface area contributed by atoms with Crippen molar-refractivity contribution in [3.63, 3.8) is 0 Å². The molecule has 0 unspecified atom stereocenters. The van der Waals surface area contributed by atoms with Crippen molar-refractivity contribution in [2.75, 3.05) is 18.6 Å². The molecule has 108 valence electrons. The fourth-order valence-corrected chi connectivity index (χ4v) is 2.18. The van der Waals surface area contributed by atoms with Crippen LogP contribution in [0.1, 0.15) is 11.1 Å². The smallest absolute Gasteiger partial charge is 0.124 e. The molecule has 2 nitrogen and oxygen atoms in total. The Morgan fingerprint density at radius 2 is 1.57 bits per heavy atom. The third-order valence-electron chi connectivity index (χ3n) is 2.99. The summed E-state index contributed by atoms with van der Waals surface area (Å²) in [6, 6.07) is 19.5. The van der Waals surface area contributed by atoms with Crippen LogP contribution in [-0.4, -0.2) is 29.4 Å². The highest BCUT2D eigenvalue weighted by Gasteiger charge is 2.04. The summed E-state index contributed by atoms with van der Waals surface area (Å²) in [7, 11) is 0. The average Bonchev–Trinajstić information content (AvgIpc) is 2.55. The van der Waals surface area contributed by atoms with Gasteiger partial charge in [0.25, 0.3) is 0 Å². The minimum Gasteiger partial charge on any atom is -0.507 e. The normalized spacial score (nSPS) is 12.4. The summed E-state index contributed by atoms with van der Waals surface area (Å²) in [5, 5.41) is 10.3. The van der Waals surface area contributed by atoms with Crippen molar-refractivity contribution in [2.45, 2.75) is 0 Å². The number of rotatable bonds is 6. The van der Waals surface area contributed by atoms with Gasteiger partial charge in [0.2, 0.25) is 0 Å². The second-order valence-corrected chi connectivity index (χ2v) is 5.51. The maximum Gasteiger partial charge on any atom is 0.124 e. The van der Waals surface area contributed by atoms with Crippen molar-refractivity contribution in [3.8, 4) is 0 Å². The zero-order valence-electron chi connectivity index (χ0n) is 12.1. The van der Waals surface area contributed by atoms with Crippen LogP contribution in [0.5, 0.6) is 0 Å². The predicted molar refractivity (Wildman–Crippen MR) is 93.3 cm³/mol. The van der Waals surface area contributed by atoms with E-state index in [1.807, 2.05) is 60.7 Å². The molecule has 0 spiro atoms. The van der Waals surface area contributed by atoms with Crippen LogP contribution in [0.25, 0.3) is 5.76 Å². The zero-order valence-corrected chi connectivity index (χ0v) is 12.9. The zero-order chi connectivity index (χ0) is 14.9. The third kappa shape index (κ3) is 4.80. The van der Waals surface area contributed by atoms with Crippen LogP contribution >= 0.6 is 11.8 Å². The molecular formula is C18H19NOS. The number of hydrogen-bond donors (Lipinski definition) is 1. The molecule has 1 N–H and O–H groups in total. The molecule has 0 saturated heterocycles. The van der Waals surface area contributed by atoms with Crippen molar-refractivity contribution < 1.29 is 5.11 Å². The number of aliphatic hydroxyl groups is 1. The Hall–Kier alpha value is -2.00. The van der Waals surface area contributed by atoms with Gasteiger partial charge in [-0.3, -0.25) is 4.99 Å². The second kappa shape index (κ2) is 8.32. The third-order valence-corrected chi connectivity index (χ3v) is 3.58. The number of benzene rings is 2. The summed E-state index contributed by atoms with van der Waals surface area (Å²) in [6.07, 6.45) is 3.81. The highest BCUT2D eigenvalue weighted by molar-refractivity contribution is 7.98. The molecule has 0 atom stereocenters.